The van der Waals surface area contributed by atoms with Crippen molar-refractivity contribution in [2.45, 2.75) is 52.5 Å². The predicted octanol–water partition coefficient (Wildman–Crippen LogP) is 4.94. The van der Waals surface area contributed by atoms with Crippen LogP contribution in [0.15, 0.2) is 22.7 Å². The average molecular weight is 342 g/mol. The summed E-state index contributed by atoms with van der Waals surface area (Å²) < 4.78 is 14.5. The third-order valence-corrected chi connectivity index (χ3v) is 5.51. The molecule has 0 bridgehead atoms. The Labute approximate surface area is 130 Å². The highest BCUT2D eigenvalue weighted by Crippen LogP contribution is 2.45. The number of benzene rings is 1. The molecule has 2 unspecified atom stereocenters. The lowest BCUT2D eigenvalue weighted by Gasteiger charge is -2.35. The molecule has 3 heteroatoms. The summed E-state index contributed by atoms with van der Waals surface area (Å²) in [6.45, 7) is 7.85. The Bertz CT molecular complexity index is 458. The van der Waals surface area contributed by atoms with Gasteiger partial charge in [0.15, 0.2) is 0 Å². The van der Waals surface area contributed by atoms with E-state index in [1.807, 2.05) is 6.07 Å². The number of halogens is 2. The zero-order chi connectivity index (χ0) is 14.8. The molecule has 0 aliphatic heterocycles. The molecule has 1 aliphatic rings. The number of nitrogens with one attached hydrogen (secondary N) is 1. The Hall–Kier alpha value is -0.410. The first-order valence-corrected chi connectivity index (χ1v) is 8.40. The van der Waals surface area contributed by atoms with Crippen LogP contribution in [0.25, 0.3) is 0 Å². The Morgan fingerprint density at radius 2 is 2.20 bits per heavy atom. The molecule has 2 atom stereocenters. The lowest BCUT2D eigenvalue weighted by atomic mass is 9.76. The molecule has 1 saturated carbocycles. The Balaban J connectivity index is 2.19. The van der Waals surface area contributed by atoms with Crippen LogP contribution in [0, 0.1) is 17.2 Å². The van der Waals surface area contributed by atoms with E-state index >= 15 is 0 Å². The minimum atomic E-state index is -0.149. The van der Waals surface area contributed by atoms with Crippen LogP contribution in [0.5, 0.6) is 0 Å². The van der Waals surface area contributed by atoms with E-state index in [1.165, 1.54) is 25.3 Å². The minimum Gasteiger partial charge on any atom is -0.314 e. The van der Waals surface area contributed by atoms with Crippen molar-refractivity contribution >= 4 is 15.9 Å². The van der Waals surface area contributed by atoms with Gasteiger partial charge in [0, 0.05) is 10.5 Å². The van der Waals surface area contributed by atoms with Gasteiger partial charge in [0.25, 0.3) is 0 Å². The second-order valence-electron chi connectivity index (χ2n) is 6.59. The number of rotatable bonds is 5. The minimum absolute atomic E-state index is 0.149. The van der Waals surface area contributed by atoms with E-state index < -0.39 is 0 Å². The standard InChI is InChI=1S/C17H25BrFN/c1-4-20-16(14-6-5-9-17(14,2)3)11-12-10-13(19)7-8-15(12)18/h7-8,10,14,16,20H,4-6,9,11H2,1-3H3. The number of hydrogen-bond donors (Lipinski definition) is 1. The van der Waals surface area contributed by atoms with Gasteiger partial charge in [-0.15, -0.1) is 0 Å². The largest absolute Gasteiger partial charge is 0.314 e. The summed E-state index contributed by atoms with van der Waals surface area (Å²) in [6.07, 6.45) is 4.77. The van der Waals surface area contributed by atoms with Gasteiger partial charge < -0.3 is 5.32 Å². The molecule has 0 spiro atoms. The van der Waals surface area contributed by atoms with E-state index in [-0.39, 0.29) is 5.82 Å². The van der Waals surface area contributed by atoms with Gasteiger partial charge in [-0.25, -0.2) is 4.39 Å². The molecule has 0 amide bonds. The molecule has 112 valence electrons. The SMILES string of the molecule is CCNC(Cc1cc(F)ccc1Br)C1CCCC1(C)C. The molecule has 0 aromatic heterocycles. The molecule has 1 aromatic carbocycles. The lowest BCUT2D eigenvalue weighted by Crippen LogP contribution is -2.42. The molecular formula is C17H25BrFN. The van der Waals surface area contributed by atoms with Gasteiger partial charge in [0.05, 0.1) is 0 Å². The molecule has 1 aromatic rings. The maximum absolute atomic E-state index is 13.5. The van der Waals surface area contributed by atoms with Crippen LogP contribution in [-0.2, 0) is 6.42 Å². The van der Waals surface area contributed by atoms with Crippen molar-refractivity contribution in [3.63, 3.8) is 0 Å². The molecule has 1 nitrogen and oxygen atoms in total. The third kappa shape index (κ3) is 3.62. The summed E-state index contributed by atoms with van der Waals surface area (Å²) in [5, 5.41) is 3.63. The van der Waals surface area contributed by atoms with E-state index in [2.05, 4.69) is 42.0 Å². The van der Waals surface area contributed by atoms with Crippen molar-refractivity contribution in [1.29, 1.82) is 0 Å². The second-order valence-corrected chi connectivity index (χ2v) is 7.45. The zero-order valence-electron chi connectivity index (χ0n) is 12.7. The smallest absolute Gasteiger partial charge is 0.123 e. The predicted molar refractivity (Wildman–Crippen MR) is 86.4 cm³/mol. The normalized spacial score (nSPS) is 22.9. The van der Waals surface area contributed by atoms with Gasteiger partial charge in [0.2, 0.25) is 0 Å². The molecule has 1 aliphatic carbocycles. The summed E-state index contributed by atoms with van der Waals surface area (Å²) in [7, 11) is 0. The summed E-state index contributed by atoms with van der Waals surface area (Å²) in [5.74, 6) is 0.516. The second kappa shape index (κ2) is 6.57. The number of hydrogen-bond acceptors (Lipinski definition) is 1. The highest BCUT2D eigenvalue weighted by Gasteiger charge is 2.39. The van der Waals surface area contributed by atoms with Crippen LogP contribution in [0.2, 0.25) is 0 Å². The van der Waals surface area contributed by atoms with Crippen molar-refractivity contribution in [2.75, 3.05) is 6.54 Å². The van der Waals surface area contributed by atoms with E-state index in [9.17, 15) is 4.39 Å². The van der Waals surface area contributed by atoms with Crippen LogP contribution in [0.1, 0.15) is 45.6 Å². The summed E-state index contributed by atoms with van der Waals surface area (Å²) >= 11 is 3.55. The van der Waals surface area contributed by atoms with Gasteiger partial charge >= 0.3 is 0 Å². The Morgan fingerprint density at radius 3 is 2.80 bits per heavy atom. The van der Waals surface area contributed by atoms with Crippen molar-refractivity contribution in [1.82, 2.24) is 5.32 Å². The Morgan fingerprint density at radius 1 is 1.45 bits per heavy atom. The van der Waals surface area contributed by atoms with E-state index in [4.69, 9.17) is 0 Å². The van der Waals surface area contributed by atoms with Gasteiger partial charge in [0.1, 0.15) is 5.82 Å². The van der Waals surface area contributed by atoms with E-state index in [0.717, 1.165) is 23.0 Å². The third-order valence-electron chi connectivity index (χ3n) is 4.74. The quantitative estimate of drug-likeness (QED) is 0.800. The van der Waals surface area contributed by atoms with Gasteiger partial charge in [-0.3, -0.25) is 0 Å². The van der Waals surface area contributed by atoms with Crippen LogP contribution < -0.4 is 5.32 Å². The first kappa shape index (κ1) is 16.0. The molecule has 1 N–H and O–H groups in total. The van der Waals surface area contributed by atoms with Crippen molar-refractivity contribution < 1.29 is 4.39 Å². The van der Waals surface area contributed by atoms with E-state index in [1.54, 1.807) is 6.07 Å². The maximum Gasteiger partial charge on any atom is 0.123 e. The topological polar surface area (TPSA) is 12.0 Å². The Kier molecular flexibility index (Phi) is 5.25. The fraction of sp³-hybridized carbons (Fsp3) is 0.647. The van der Waals surface area contributed by atoms with E-state index in [0.29, 0.717) is 17.4 Å². The molecule has 0 radical (unpaired) electrons. The van der Waals surface area contributed by atoms with Crippen LogP contribution in [-0.4, -0.2) is 12.6 Å². The molecule has 0 heterocycles. The zero-order valence-corrected chi connectivity index (χ0v) is 14.3. The van der Waals surface area contributed by atoms with Crippen molar-refractivity contribution in [3.05, 3.63) is 34.1 Å². The van der Waals surface area contributed by atoms with Gasteiger partial charge in [-0.1, -0.05) is 43.1 Å². The molecule has 1 fully saturated rings. The average Bonchev–Trinajstić information content (AvgIpc) is 2.73. The summed E-state index contributed by atoms with van der Waals surface area (Å²) in [5.41, 5.74) is 1.45. The van der Waals surface area contributed by atoms with Gasteiger partial charge in [-0.2, -0.15) is 0 Å². The first-order chi connectivity index (χ1) is 9.44. The highest BCUT2D eigenvalue weighted by atomic mass is 79.9. The first-order valence-electron chi connectivity index (χ1n) is 7.61. The highest BCUT2D eigenvalue weighted by molar-refractivity contribution is 9.10. The molecule has 0 saturated heterocycles. The van der Waals surface area contributed by atoms with Crippen LogP contribution >= 0.6 is 15.9 Å². The fourth-order valence-corrected chi connectivity index (χ4v) is 4.06. The molecular weight excluding hydrogens is 317 g/mol. The molecule has 2 rings (SSSR count). The van der Waals surface area contributed by atoms with Crippen LogP contribution in [0.4, 0.5) is 4.39 Å². The monoisotopic (exact) mass is 341 g/mol. The maximum atomic E-state index is 13.5. The van der Waals surface area contributed by atoms with Crippen LogP contribution in [0.3, 0.4) is 0 Å². The van der Waals surface area contributed by atoms with Crippen molar-refractivity contribution in [2.24, 2.45) is 11.3 Å². The summed E-state index contributed by atoms with van der Waals surface area (Å²) in [4.78, 5) is 0. The molecule has 20 heavy (non-hydrogen) atoms. The number of likely N-dealkylation sites (N-methyl/N-ethyl adjacent to an activating group) is 1. The fourth-order valence-electron chi connectivity index (χ4n) is 3.66. The lowest BCUT2D eigenvalue weighted by molar-refractivity contribution is 0.197. The summed E-state index contributed by atoms with van der Waals surface area (Å²) in [6, 6.07) is 5.41. The van der Waals surface area contributed by atoms with Gasteiger partial charge in [-0.05, 0) is 60.9 Å². The van der Waals surface area contributed by atoms with Crippen molar-refractivity contribution in [3.8, 4) is 0 Å².